The van der Waals surface area contributed by atoms with Crippen molar-refractivity contribution in [2.24, 2.45) is 5.10 Å². The van der Waals surface area contributed by atoms with Crippen molar-refractivity contribution < 1.29 is 18.7 Å². The van der Waals surface area contributed by atoms with E-state index in [4.69, 9.17) is 21.1 Å². The van der Waals surface area contributed by atoms with Crippen LogP contribution in [0.5, 0.6) is 11.5 Å². The Hall–Kier alpha value is -2.60. The quantitative estimate of drug-likeness (QED) is 0.641. The van der Waals surface area contributed by atoms with Gasteiger partial charge in [0.25, 0.3) is 5.91 Å². The SMILES string of the molecule is COc1cccc(OC(C)C(=O)N/N=C/c2c(F)cccc2Cl)c1. The second kappa shape index (κ2) is 8.31. The van der Waals surface area contributed by atoms with Crippen molar-refractivity contribution in [3.63, 3.8) is 0 Å². The van der Waals surface area contributed by atoms with Crippen LogP contribution in [-0.2, 0) is 4.79 Å². The molecular formula is C17H16ClFN2O3. The maximum atomic E-state index is 13.6. The number of methoxy groups -OCH3 is 1. The lowest BCUT2D eigenvalue weighted by molar-refractivity contribution is -0.127. The number of benzene rings is 2. The number of hydrazone groups is 1. The van der Waals surface area contributed by atoms with E-state index in [2.05, 4.69) is 10.5 Å². The second-order valence-corrected chi connectivity index (χ2v) is 5.22. The molecule has 1 unspecified atom stereocenters. The Morgan fingerprint density at radius 1 is 1.29 bits per heavy atom. The Kier molecular flexibility index (Phi) is 6.14. The van der Waals surface area contributed by atoms with Crippen molar-refractivity contribution >= 4 is 23.7 Å². The van der Waals surface area contributed by atoms with Crippen LogP contribution in [0.15, 0.2) is 47.6 Å². The molecule has 0 saturated carbocycles. The summed E-state index contributed by atoms with van der Waals surface area (Å²) in [6, 6.07) is 11.1. The van der Waals surface area contributed by atoms with E-state index in [9.17, 15) is 9.18 Å². The van der Waals surface area contributed by atoms with Gasteiger partial charge in [0.15, 0.2) is 6.10 Å². The number of rotatable bonds is 6. The van der Waals surface area contributed by atoms with Gasteiger partial charge in [-0.3, -0.25) is 4.79 Å². The van der Waals surface area contributed by atoms with Gasteiger partial charge in [0, 0.05) is 11.6 Å². The normalized spacial score (nSPS) is 12.0. The van der Waals surface area contributed by atoms with Crippen LogP contribution < -0.4 is 14.9 Å². The molecule has 0 aliphatic rings. The van der Waals surface area contributed by atoms with Crippen molar-refractivity contribution in [3.8, 4) is 11.5 Å². The fraction of sp³-hybridized carbons (Fsp3) is 0.176. The van der Waals surface area contributed by atoms with Gasteiger partial charge >= 0.3 is 0 Å². The van der Waals surface area contributed by atoms with Crippen molar-refractivity contribution in [2.45, 2.75) is 13.0 Å². The summed E-state index contributed by atoms with van der Waals surface area (Å²) in [4.78, 5) is 12.0. The molecule has 24 heavy (non-hydrogen) atoms. The maximum Gasteiger partial charge on any atom is 0.280 e. The van der Waals surface area contributed by atoms with Crippen LogP contribution in [0.4, 0.5) is 4.39 Å². The third-order valence-electron chi connectivity index (χ3n) is 3.09. The first-order chi connectivity index (χ1) is 11.5. The minimum atomic E-state index is -0.801. The lowest BCUT2D eigenvalue weighted by Crippen LogP contribution is -2.33. The van der Waals surface area contributed by atoms with Crippen LogP contribution >= 0.6 is 11.6 Å². The highest BCUT2D eigenvalue weighted by Crippen LogP contribution is 2.20. The predicted octanol–water partition coefficient (Wildman–Crippen LogP) is 3.41. The summed E-state index contributed by atoms with van der Waals surface area (Å²) in [6.45, 7) is 1.57. The molecule has 1 amide bonds. The van der Waals surface area contributed by atoms with Gasteiger partial charge in [-0.2, -0.15) is 5.10 Å². The van der Waals surface area contributed by atoms with Gasteiger partial charge in [0.1, 0.15) is 17.3 Å². The Bertz CT molecular complexity index is 732. The van der Waals surface area contributed by atoms with Crippen LogP contribution in [0, 0.1) is 5.82 Å². The third-order valence-corrected chi connectivity index (χ3v) is 3.42. The summed E-state index contributed by atoms with van der Waals surface area (Å²) < 4.78 is 24.2. The molecule has 2 rings (SSSR count). The molecule has 0 aliphatic heterocycles. The number of hydrogen-bond donors (Lipinski definition) is 1. The van der Waals surface area contributed by atoms with Gasteiger partial charge in [-0.15, -0.1) is 0 Å². The molecule has 5 nitrogen and oxygen atoms in total. The number of carbonyl (C=O) groups is 1. The summed E-state index contributed by atoms with van der Waals surface area (Å²) in [5, 5.41) is 3.91. The average molecular weight is 351 g/mol. The van der Waals surface area contributed by atoms with Crippen molar-refractivity contribution in [1.82, 2.24) is 5.43 Å². The van der Waals surface area contributed by atoms with Gasteiger partial charge in [0.05, 0.1) is 18.3 Å². The maximum absolute atomic E-state index is 13.6. The number of hydrogen-bond acceptors (Lipinski definition) is 4. The molecule has 1 atom stereocenters. The summed E-state index contributed by atoms with van der Waals surface area (Å²) in [6.07, 6.45) is 0.346. The molecule has 0 spiro atoms. The van der Waals surface area contributed by atoms with Gasteiger partial charge < -0.3 is 9.47 Å². The number of halogens is 2. The highest BCUT2D eigenvalue weighted by Gasteiger charge is 2.14. The minimum Gasteiger partial charge on any atom is -0.497 e. The van der Waals surface area contributed by atoms with Crippen molar-refractivity contribution in [1.29, 1.82) is 0 Å². The van der Waals surface area contributed by atoms with Crippen LogP contribution in [0.1, 0.15) is 12.5 Å². The summed E-state index contributed by atoms with van der Waals surface area (Å²) >= 11 is 5.86. The Morgan fingerprint density at radius 2 is 2.00 bits per heavy atom. The summed E-state index contributed by atoms with van der Waals surface area (Å²) in [5.41, 5.74) is 2.38. The molecule has 0 heterocycles. The van der Waals surface area contributed by atoms with E-state index in [0.717, 1.165) is 6.21 Å². The minimum absolute atomic E-state index is 0.0980. The number of amides is 1. The smallest absolute Gasteiger partial charge is 0.280 e. The Balaban J connectivity index is 1.95. The zero-order valence-corrected chi connectivity index (χ0v) is 13.9. The topological polar surface area (TPSA) is 59.9 Å². The highest BCUT2D eigenvalue weighted by atomic mass is 35.5. The molecule has 0 aliphatic carbocycles. The monoisotopic (exact) mass is 350 g/mol. The first-order valence-corrected chi connectivity index (χ1v) is 7.46. The Morgan fingerprint density at radius 3 is 2.71 bits per heavy atom. The van der Waals surface area contributed by atoms with E-state index in [1.165, 1.54) is 25.3 Å². The lowest BCUT2D eigenvalue weighted by Gasteiger charge is -2.13. The first kappa shape index (κ1) is 17.7. The van der Waals surface area contributed by atoms with Gasteiger partial charge in [0.2, 0.25) is 0 Å². The van der Waals surface area contributed by atoms with Crippen LogP contribution in [0.2, 0.25) is 5.02 Å². The molecule has 0 bridgehead atoms. The molecule has 0 radical (unpaired) electrons. The zero-order chi connectivity index (χ0) is 17.5. The van der Waals surface area contributed by atoms with Crippen molar-refractivity contribution in [2.75, 3.05) is 7.11 Å². The molecule has 0 fully saturated rings. The van der Waals surface area contributed by atoms with E-state index < -0.39 is 17.8 Å². The van der Waals surface area contributed by atoms with Crippen LogP contribution in [0.3, 0.4) is 0 Å². The number of ether oxygens (including phenoxy) is 2. The van der Waals surface area contributed by atoms with E-state index in [-0.39, 0.29) is 10.6 Å². The fourth-order valence-corrected chi connectivity index (χ4v) is 2.03. The van der Waals surface area contributed by atoms with Crippen molar-refractivity contribution in [3.05, 3.63) is 58.9 Å². The largest absolute Gasteiger partial charge is 0.497 e. The summed E-state index contributed by atoms with van der Waals surface area (Å²) in [5.74, 6) is 0.0909. The molecular weight excluding hydrogens is 335 g/mol. The van der Waals surface area contributed by atoms with Crippen LogP contribution in [-0.4, -0.2) is 25.3 Å². The van der Waals surface area contributed by atoms with E-state index >= 15 is 0 Å². The number of nitrogens with one attached hydrogen (secondary N) is 1. The molecule has 126 valence electrons. The van der Waals surface area contributed by atoms with E-state index in [1.807, 2.05) is 0 Å². The third kappa shape index (κ3) is 4.70. The second-order valence-electron chi connectivity index (χ2n) is 4.81. The first-order valence-electron chi connectivity index (χ1n) is 7.09. The highest BCUT2D eigenvalue weighted by molar-refractivity contribution is 6.33. The molecule has 0 saturated heterocycles. The number of carbonyl (C=O) groups excluding carboxylic acids is 1. The molecule has 2 aromatic rings. The lowest BCUT2D eigenvalue weighted by atomic mass is 10.2. The molecule has 7 heteroatoms. The average Bonchev–Trinajstić information content (AvgIpc) is 2.57. The Labute approximate surface area is 144 Å². The molecule has 1 N–H and O–H groups in total. The van der Waals surface area contributed by atoms with E-state index in [1.54, 1.807) is 31.2 Å². The van der Waals surface area contributed by atoms with E-state index in [0.29, 0.717) is 11.5 Å². The predicted molar refractivity (Wildman–Crippen MR) is 90.2 cm³/mol. The standard InChI is InChI=1S/C17H16ClFN2O3/c1-11(24-13-6-3-5-12(9-13)23-2)17(22)21-20-10-14-15(18)7-4-8-16(14)19/h3-11H,1-2H3,(H,21,22)/b20-10+. The van der Waals surface area contributed by atoms with Crippen LogP contribution in [0.25, 0.3) is 0 Å². The zero-order valence-electron chi connectivity index (χ0n) is 13.1. The summed E-state index contributed by atoms with van der Waals surface area (Å²) in [7, 11) is 1.54. The molecule has 2 aromatic carbocycles. The number of nitrogens with zero attached hydrogens (tertiary/aromatic N) is 1. The molecule has 0 aromatic heterocycles. The van der Waals surface area contributed by atoms with Gasteiger partial charge in [-0.1, -0.05) is 23.7 Å². The van der Waals surface area contributed by atoms with Gasteiger partial charge in [-0.25, -0.2) is 9.82 Å². The van der Waals surface area contributed by atoms with Gasteiger partial charge in [-0.05, 0) is 31.2 Å². The fourth-order valence-electron chi connectivity index (χ4n) is 1.82.